The molecule has 0 aromatic heterocycles. The summed E-state index contributed by atoms with van der Waals surface area (Å²) in [5.41, 5.74) is 3.72. The van der Waals surface area contributed by atoms with Crippen LogP contribution in [0.25, 0.3) is 11.1 Å². The molecule has 1 heterocycles. The number of hydrogen-bond acceptors (Lipinski definition) is 7. The molecule has 1 aliphatic heterocycles. The lowest BCUT2D eigenvalue weighted by Crippen LogP contribution is -2.62. The van der Waals surface area contributed by atoms with Gasteiger partial charge in [0, 0.05) is 17.5 Å². The number of aliphatic hydroxyl groups excluding tert-OH is 2. The van der Waals surface area contributed by atoms with Crippen LogP contribution in [0.2, 0.25) is 0 Å². The van der Waals surface area contributed by atoms with Crippen LogP contribution in [0.1, 0.15) is 51.7 Å². The molecule has 7 rings (SSSR count). The van der Waals surface area contributed by atoms with Gasteiger partial charge in [-0.15, -0.1) is 0 Å². The summed E-state index contributed by atoms with van der Waals surface area (Å²) < 4.78 is 28.3. The highest BCUT2D eigenvalue weighted by Gasteiger charge is 2.57. The first kappa shape index (κ1) is 35.3. The van der Waals surface area contributed by atoms with Crippen molar-refractivity contribution < 1.29 is 28.3 Å². The maximum atomic E-state index is 13.9. The lowest BCUT2D eigenvalue weighted by Gasteiger charge is -2.62. The van der Waals surface area contributed by atoms with Crippen molar-refractivity contribution in [2.45, 2.75) is 76.3 Å². The zero-order valence-corrected chi connectivity index (χ0v) is 29.4. The lowest BCUT2D eigenvalue weighted by molar-refractivity contribution is -0.183. The van der Waals surface area contributed by atoms with Crippen molar-refractivity contribution in [3.63, 3.8) is 0 Å². The number of amides is 1. The summed E-state index contributed by atoms with van der Waals surface area (Å²) in [5, 5.41) is 25.7. The quantitative estimate of drug-likeness (QED) is 0.234. The van der Waals surface area contributed by atoms with Crippen LogP contribution in [0.15, 0.2) is 83.8 Å². The summed E-state index contributed by atoms with van der Waals surface area (Å²) in [5.74, 6) is 6.61. The standard InChI is InChI=1S/C39H47N3O6S/c1-25-33-21-31(39(33,3)4)22-34(25)41-38(45)37-36(26(2)44)35(24-43)48-42(37)23-28-11-8-10-27(20-28)12-9-19-40-49(46,47)32-17-15-30(16-18-32)29-13-6-5-7-14-29/h5-8,10-11,13-18,20,25-26,31,33-37,40,43-44H,19,21-24H2,1-4H3,(H,41,45)/t25-,26-,31+,33+,34-,35-,36+,37-/m0/s1. The van der Waals surface area contributed by atoms with Gasteiger partial charge < -0.3 is 15.5 Å². The monoisotopic (exact) mass is 685 g/mol. The Balaban J connectivity index is 1.10. The molecule has 0 radical (unpaired) electrons. The average Bonchev–Trinajstić information content (AvgIpc) is 3.46. The number of sulfonamides is 1. The Morgan fingerprint density at radius 3 is 2.41 bits per heavy atom. The van der Waals surface area contributed by atoms with Gasteiger partial charge in [-0.1, -0.05) is 87.2 Å². The molecule has 3 aromatic carbocycles. The summed E-state index contributed by atoms with van der Waals surface area (Å²) in [6.45, 7) is 8.34. The van der Waals surface area contributed by atoms with E-state index in [-0.39, 0.29) is 36.5 Å². The van der Waals surface area contributed by atoms with E-state index in [0.717, 1.165) is 23.1 Å². The third-order valence-electron chi connectivity index (χ3n) is 11.2. The molecule has 0 spiro atoms. The van der Waals surface area contributed by atoms with Gasteiger partial charge in [-0.25, -0.2) is 8.42 Å². The predicted molar refractivity (Wildman–Crippen MR) is 188 cm³/mol. The Bertz CT molecular complexity index is 1800. The topological polar surface area (TPSA) is 128 Å². The van der Waals surface area contributed by atoms with Gasteiger partial charge in [0.05, 0.1) is 30.7 Å². The van der Waals surface area contributed by atoms with Gasteiger partial charge in [0.25, 0.3) is 0 Å². The van der Waals surface area contributed by atoms with E-state index in [9.17, 15) is 23.4 Å². The molecular formula is C39H47N3O6S. The van der Waals surface area contributed by atoms with Gasteiger partial charge in [-0.2, -0.15) is 9.79 Å². The summed E-state index contributed by atoms with van der Waals surface area (Å²) in [4.78, 5) is 20.2. The number of nitrogens with one attached hydrogen (secondary N) is 2. The molecule has 4 fully saturated rings. The second-order valence-electron chi connectivity index (χ2n) is 14.5. The molecule has 9 nitrogen and oxygen atoms in total. The molecule has 10 heteroatoms. The van der Waals surface area contributed by atoms with Gasteiger partial charge >= 0.3 is 0 Å². The molecule has 4 aliphatic rings. The fraction of sp³-hybridized carbons (Fsp3) is 0.462. The maximum Gasteiger partial charge on any atom is 0.241 e. The fourth-order valence-corrected chi connectivity index (χ4v) is 9.15. The number of aliphatic hydroxyl groups is 2. The Morgan fingerprint density at radius 1 is 1.04 bits per heavy atom. The first-order valence-corrected chi connectivity index (χ1v) is 18.6. The van der Waals surface area contributed by atoms with Crippen molar-refractivity contribution >= 4 is 15.9 Å². The number of carbonyl (C=O) groups is 1. The van der Waals surface area contributed by atoms with Gasteiger partial charge in [0.15, 0.2) is 0 Å². The molecule has 3 aliphatic carbocycles. The number of fused-ring (bicyclic) bond motifs is 2. The summed E-state index contributed by atoms with van der Waals surface area (Å²) in [7, 11) is -3.75. The molecular weight excluding hydrogens is 639 g/mol. The fourth-order valence-electron chi connectivity index (χ4n) is 8.23. The van der Waals surface area contributed by atoms with Crippen molar-refractivity contribution in [3.05, 3.63) is 90.0 Å². The summed E-state index contributed by atoms with van der Waals surface area (Å²) >= 11 is 0. The molecule has 2 bridgehead atoms. The third-order valence-corrected chi connectivity index (χ3v) is 12.6. The summed E-state index contributed by atoms with van der Waals surface area (Å²) in [6, 6.07) is 23.2. The maximum absolute atomic E-state index is 13.9. The second kappa shape index (κ2) is 14.4. The molecule has 3 saturated carbocycles. The van der Waals surface area contributed by atoms with Crippen LogP contribution in [-0.4, -0.2) is 67.0 Å². The van der Waals surface area contributed by atoms with E-state index in [0.29, 0.717) is 28.7 Å². The minimum absolute atomic E-state index is 0.0543. The molecule has 4 N–H and O–H groups in total. The van der Waals surface area contributed by atoms with E-state index in [1.807, 2.05) is 54.6 Å². The second-order valence-corrected chi connectivity index (χ2v) is 16.2. The molecule has 1 saturated heterocycles. The van der Waals surface area contributed by atoms with Crippen LogP contribution >= 0.6 is 0 Å². The number of nitrogens with zero attached hydrogens (tertiary/aromatic N) is 1. The highest BCUT2D eigenvalue weighted by molar-refractivity contribution is 7.89. The van der Waals surface area contributed by atoms with Gasteiger partial charge in [0.2, 0.25) is 15.9 Å². The van der Waals surface area contributed by atoms with Gasteiger partial charge in [0.1, 0.15) is 12.1 Å². The molecule has 3 aromatic rings. The van der Waals surface area contributed by atoms with Crippen molar-refractivity contribution in [2.75, 3.05) is 13.2 Å². The van der Waals surface area contributed by atoms with E-state index >= 15 is 0 Å². The van der Waals surface area contributed by atoms with E-state index < -0.39 is 34.2 Å². The predicted octanol–water partition coefficient (Wildman–Crippen LogP) is 4.34. The van der Waals surface area contributed by atoms with Crippen LogP contribution in [0.3, 0.4) is 0 Å². The average molecular weight is 686 g/mol. The Hall–Kier alpha value is -3.56. The van der Waals surface area contributed by atoms with Crippen molar-refractivity contribution in [2.24, 2.45) is 29.1 Å². The Morgan fingerprint density at radius 2 is 1.76 bits per heavy atom. The largest absolute Gasteiger partial charge is 0.394 e. The summed E-state index contributed by atoms with van der Waals surface area (Å²) in [6.07, 6.45) is 0.537. The SMILES string of the molecule is C[C@@H]1[C@@H](NC(=O)[C@@H]2[C@H]([C@H](C)O)[C@H](CO)ON2Cc2cccc(C#CCNS(=O)(=O)c3ccc(-c4ccccc4)cc3)c2)C[C@H]2C[C@H]1C2(C)C. The zero-order chi connectivity index (χ0) is 34.9. The van der Waals surface area contributed by atoms with Gasteiger partial charge in [-0.3, -0.25) is 9.63 Å². The van der Waals surface area contributed by atoms with E-state index in [1.165, 1.54) is 6.42 Å². The van der Waals surface area contributed by atoms with Gasteiger partial charge in [-0.05, 0) is 83.9 Å². The van der Waals surface area contributed by atoms with E-state index in [4.69, 9.17) is 4.84 Å². The molecule has 1 amide bonds. The minimum Gasteiger partial charge on any atom is -0.394 e. The first-order valence-electron chi connectivity index (χ1n) is 17.1. The van der Waals surface area contributed by atoms with Crippen molar-refractivity contribution in [1.29, 1.82) is 0 Å². The normalized spacial score (nSPS) is 28.2. The third kappa shape index (κ3) is 7.34. The van der Waals surface area contributed by atoms with E-state index in [2.05, 4.69) is 42.7 Å². The number of hydroxylamine groups is 2. The van der Waals surface area contributed by atoms with Crippen molar-refractivity contribution in [3.8, 4) is 23.0 Å². The molecule has 8 atom stereocenters. The van der Waals surface area contributed by atoms with Crippen LogP contribution < -0.4 is 10.0 Å². The lowest BCUT2D eigenvalue weighted by atomic mass is 9.45. The van der Waals surface area contributed by atoms with E-state index in [1.54, 1.807) is 36.3 Å². The van der Waals surface area contributed by atoms with Crippen molar-refractivity contribution in [1.82, 2.24) is 15.1 Å². The number of hydrogen-bond donors (Lipinski definition) is 4. The molecule has 49 heavy (non-hydrogen) atoms. The first-order chi connectivity index (χ1) is 23.4. The Labute approximate surface area is 290 Å². The Kier molecular flexibility index (Phi) is 10.3. The van der Waals surface area contributed by atoms with Crippen LogP contribution in [-0.2, 0) is 26.2 Å². The number of carbonyl (C=O) groups excluding carboxylic acids is 1. The van der Waals surface area contributed by atoms with Crippen LogP contribution in [0, 0.1) is 40.9 Å². The minimum atomic E-state index is -3.75. The molecule has 0 unspecified atom stereocenters. The van der Waals surface area contributed by atoms with Crippen LogP contribution in [0.5, 0.6) is 0 Å². The number of benzene rings is 3. The highest BCUT2D eigenvalue weighted by Crippen LogP contribution is 2.61. The molecule has 260 valence electrons. The highest BCUT2D eigenvalue weighted by atomic mass is 32.2. The smallest absolute Gasteiger partial charge is 0.241 e. The zero-order valence-electron chi connectivity index (χ0n) is 28.5. The van der Waals surface area contributed by atoms with Crippen LogP contribution in [0.4, 0.5) is 0 Å². The number of rotatable bonds is 10.